The van der Waals surface area contributed by atoms with Gasteiger partial charge in [0.05, 0.1) is 22.8 Å². The van der Waals surface area contributed by atoms with E-state index in [1.54, 1.807) is 0 Å². The summed E-state index contributed by atoms with van der Waals surface area (Å²) in [7, 11) is 9.59. The predicted octanol–water partition coefficient (Wildman–Crippen LogP) is 6.51. The molecule has 6 aliphatic rings. The van der Waals surface area contributed by atoms with Crippen LogP contribution in [-0.4, -0.2) is 101 Å². The summed E-state index contributed by atoms with van der Waals surface area (Å²) in [6.07, 6.45) is 21.0. The van der Waals surface area contributed by atoms with Crippen LogP contribution in [0.15, 0.2) is 36.4 Å². The first-order valence-electron chi connectivity index (χ1n) is 22.7. The first kappa shape index (κ1) is 63.0. The van der Waals surface area contributed by atoms with Gasteiger partial charge in [0.15, 0.2) is 0 Å². The first-order valence-corrected chi connectivity index (χ1v) is 26.0. The number of hydrogen-bond donors (Lipinski definition) is 9. The third-order valence-corrected chi connectivity index (χ3v) is 12.9. The Morgan fingerprint density at radius 3 is 0.859 bits per heavy atom. The standard InChI is InChI=1S/2C21H35N5.C2H4O2.2CH4.CH3.2ClH.2Mn.H2O/c2*1-3-10-20-18(8-1)22-12-13-23-19-9-2-4-11-21(19)25-15-17-7-5-6-16(26-17)14-24-20;1-2(3)4;;;;;;;;/h2*5-7,18-25H,1-4,8-15H2;1H3,(H,3,4);2*1H4;1H3;2*1H;;;1H2/q;;;;;-1;;;;+2;/p-2/t2*18-,19-,20?,21?;;;;;;;;;/m11........./s1. The monoisotopic (exact) mass is 1020 g/mol. The first-order chi connectivity index (χ1) is 28.9. The average Bonchev–Trinajstić information content (AvgIpc) is 3.26. The number of nitrogens with zero attached hydrogens (tertiary/aromatic N) is 2. The Morgan fingerprint density at radius 2 is 0.672 bits per heavy atom. The van der Waals surface area contributed by atoms with Crippen LogP contribution in [0.1, 0.15) is 147 Å². The van der Waals surface area contributed by atoms with Gasteiger partial charge < -0.3 is 60.5 Å². The molecule has 8 rings (SSSR count). The fraction of sp³-hybridized carbons (Fsp3) is 0.745. The number of aliphatic carboxylic acids is 1. The molecule has 2 aromatic heterocycles. The number of hydrogen-bond acceptors (Lipinski definition) is 11. The zero-order chi connectivity index (χ0) is 41.5. The molecule has 372 valence electrons. The Bertz CT molecular complexity index is 1290. The number of halogens is 2. The summed E-state index contributed by atoms with van der Waals surface area (Å²) in [5.74, 6) is -0.833. The second-order valence-electron chi connectivity index (χ2n) is 17.1. The maximum Gasteiger partial charge on any atom is 0.0545 e. The van der Waals surface area contributed by atoms with Gasteiger partial charge in [-0.1, -0.05) is 78.4 Å². The molecule has 13 nitrogen and oxygen atoms in total. The molecule has 2 aliphatic heterocycles. The van der Waals surface area contributed by atoms with Gasteiger partial charge in [0.2, 0.25) is 0 Å². The maximum absolute atomic E-state index is 9.00. The average molecular weight is 1020 g/mol. The van der Waals surface area contributed by atoms with Gasteiger partial charge in [-0.3, -0.25) is 14.8 Å². The van der Waals surface area contributed by atoms with Crippen molar-refractivity contribution in [2.45, 2.75) is 199 Å². The molecule has 0 saturated heterocycles. The fourth-order valence-corrected chi connectivity index (χ4v) is 9.90. The van der Waals surface area contributed by atoms with Crippen LogP contribution in [0.3, 0.4) is 0 Å². The fourth-order valence-electron chi connectivity index (χ4n) is 9.90. The minimum atomic E-state index is -0.833. The van der Waals surface area contributed by atoms with E-state index in [0.717, 1.165) is 59.3 Å². The molecular weight excluding hydrogens is 933 g/mol. The van der Waals surface area contributed by atoms with Gasteiger partial charge in [0.1, 0.15) is 0 Å². The van der Waals surface area contributed by atoms with Crippen molar-refractivity contribution in [3.8, 4) is 0 Å². The van der Waals surface area contributed by atoms with E-state index in [9.17, 15) is 0 Å². The van der Waals surface area contributed by atoms with Crippen LogP contribution in [0.5, 0.6) is 0 Å². The van der Waals surface area contributed by atoms with Crippen LogP contribution in [0.25, 0.3) is 0 Å². The molecule has 4 fully saturated rings. The van der Waals surface area contributed by atoms with Crippen molar-refractivity contribution in [3.63, 3.8) is 0 Å². The van der Waals surface area contributed by atoms with Crippen LogP contribution >= 0.6 is 20.2 Å². The minimum Gasteiger partial charge on any atom is -0.311 e. The van der Waals surface area contributed by atoms with Crippen molar-refractivity contribution < 1.29 is 45.6 Å². The van der Waals surface area contributed by atoms with Crippen molar-refractivity contribution in [3.05, 3.63) is 66.6 Å². The van der Waals surface area contributed by atoms with Crippen molar-refractivity contribution in [1.82, 2.24) is 52.5 Å². The number of carboxylic acid groups (broad SMARTS) is 1. The zero-order valence-corrected chi connectivity index (χ0v) is 41.2. The van der Waals surface area contributed by atoms with Gasteiger partial charge in [-0.2, -0.15) is 0 Å². The van der Waals surface area contributed by atoms with Gasteiger partial charge in [0, 0.05) is 125 Å². The SMILES string of the molecule is C.C.CC(=O)O.O.[CH3-].[Cl][Mn][Cl].[Mn].c1cc2nc(c1)CNC1CCCC[C@H]1NCCN[C@@H]1CCCCC1NC2.c1cc2nc(c1)CNC1CCCC[C@H]1NCCN[C@@H]1CCCCC1NC2. The molecule has 4 bridgehead atoms. The molecular formula is C47H87Cl2Mn2N10O3-. The Balaban J connectivity index is 0.00000101. The number of nitrogens with one attached hydrogen (secondary N) is 8. The molecule has 2 aromatic rings. The molecule has 1 radical (unpaired) electrons. The van der Waals surface area contributed by atoms with Crippen LogP contribution < -0.4 is 42.5 Å². The number of carboxylic acids is 1. The van der Waals surface area contributed by atoms with Gasteiger partial charge in [-0.15, -0.1) is 0 Å². The van der Waals surface area contributed by atoms with E-state index in [0.29, 0.717) is 48.3 Å². The number of pyridine rings is 2. The largest absolute Gasteiger partial charge is 0.311 e. The number of fused-ring (bicyclic) bond motifs is 8. The zero-order valence-electron chi connectivity index (χ0n) is 37.3. The summed E-state index contributed by atoms with van der Waals surface area (Å²) in [5.41, 5.74) is 4.67. The summed E-state index contributed by atoms with van der Waals surface area (Å²) in [6, 6.07) is 17.6. The second kappa shape index (κ2) is 37.0. The smallest absolute Gasteiger partial charge is 0.0545 e. The molecule has 0 amide bonds. The molecule has 0 aromatic carbocycles. The summed E-state index contributed by atoms with van der Waals surface area (Å²) >= 11 is 0.00694. The Labute approximate surface area is 413 Å². The predicted molar refractivity (Wildman–Crippen MR) is 261 cm³/mol. The summed E-state index contributed by atoms with van der Waals surface area (Å²) in [5, 5.41) is 37.9. The molecule has 64 heavy (non-hydrogen) atoms. The van der Waals surface area contributed by atoms with Crippen molar-refractivity contribution in [2.75, 3.05) is 26.2 Å². The van der Waals surface area contributed by atoms with E-state index in [1.807, 2.05) is 0 Å². The Kier molecular flexibility index (Phi) is 36.4. The second-order valence-corrected chi connectivity index (χ2v) is 19.1. The number of rotatable bonds is 0. The van der Waals surface area contributed by atoms with Crippen molar-refractivity contribution in [1.29, 1.82) is 0 Å². The van der Waals surface area contributed by atoms with E-state index >= 15 is 0 Å². The molecule has 11 N–H and O–H groups in total. The van der Waals surface area contributed by atoms with E-state index < -0.39 is 5.97 Å². The third-order valence-electron chi connectivity index (χ3n) is 12.9. The quantitative estimate of drug-likeness (QED) is 0.103. The topological polar surface area (TPSA) is 191 Å². The van der Waals surface area contributed by atoms with Gasteiger partial charge in [0.25, 0.3) is 5.97 Å². The van der Waals surface area contributed by atoms with E-state index in [1.165, 1.54) is 126 Å². The minimum absolute atomic E-state index is 0. The summed E-state index contributed by atoms with van der Waals surface area (Å²) in [4.78, 5) is 18.8. The Hall–Kier alpha value is -0.971. The molecule has 4 aliphatic carbocycles. The van der Waals surface area contributed by atoms with Crippen molar-refractivity contribution >= 4 is 26.2 Å². The molecule has 8 atom stereocenters. The normalized spacial score (nSPS) is 28.3. The molecule has 0 spiro atoms. The summed E-state index contributed by atoms with van der Waals surface area (Å²) in [6.45, 7) is 8.86. The van der Waals surface area contributed by atoms with Crippen LogP contribution in [0.4, 0.5) is 0 Å². The third kappa shape index (κ3) is 23.4. The van der Waals surface area contributed by atoms with Crippen LogP contribution in [0.2, 0.25) is 0 Å². The summed E-state index contributed by atoms with van der Waals surface area (Å²) < 4.78 is 0. The van der Waals surface area contributed by atoms with Gasteiger partial charge in [-0.05, 0) is 75.6 Å². The van der Waals surface area contributed by atoms with E-state index in [-0.39, 0.29) is 58.0 Å². The molecule has 4 unspecified atom stereocenters. The molecule has 17 heteroatoms. The molecule has 4 heterocycles. The van der Waals surface area contributed by atoms with Gasteiger partial charge in [-0.25, -0.2) is 0 Å². The maximum atomic E-state index is 9.00. The number of carbonyl (C=O) groups is 1. The molecule has 4 saturated carbocycles. The van der Waals surface area contributed by atoms with Crippen molar-refractivity contribution in [2.24, 2.45) is 0 Å². The van der Waals surface area contributed by atoms with Crippen LogP contribution in [0, 0.1) is 7.43 Å². The number of aromatic nitrogens is 2. The van der Waals surface area contributed by atoms with E-state index in [2.05, 4.69) is 78.9 Å². The Morgan fingerprint density at radius 1 is 0.500 bits per heavy atom. The van der Waals surface area contributed by atoms with Crippen LogP contribution in [-0.2, 0) is 61.2 Å². The van der Waals surface area contributed by atoms with Gasteiger partial charge >= 0.3 is 33.3 Å². The van der Waals surface area contributed by atoms with E-state index in [4.69, 9.17) is 40.1 Å².